The van der Waals surface area contributed by atoms with Crippen LogP contribution in [0, 0.1) is 12.8 Å². The van der Waals surface area contributed by atoms with E-state index >= 15 is 0 Å². The summed E-state index contributed by atoms with van der Waals surface area (Å²) in [7, 11) is -1.00. The van der Waals surface area contributed by atoms with Gasteiger partial charge in [0.25, 0.3) is 0 Å². The molecule has 0 saturated carbocycles. The molecule has 0 aliphatic carbocycles. The summed E-state index contributed by atoms with van der Waals surface area (Å²) in [6.45, 7) is 6.17. The molecule has 4 heteroatoms. The molecule has 1 atom stereocenters. The van der Waals surface area contributed by atoms with Gasteiger partial charge in [-0.3, -0.25) is 9.00 Å². The van der Waals surface area contributed by atoms with E-state index in [2.05, 4.69) is 13.8 Å². The lowest BCUT2D eigenvalue weighted by Gasteiger charge is -2.03. The van der Waals surface area contributed by atoms with Crippen molar-refractivity contribution in [1.82, 2.24) is 0 Å². The van der Waals surface area contributed by atoms with Crippen molar-refractivity contribution < 1.29 is 9.00 Å². The zero-order chi connectivity index (χ0) is 12.1. The van der Waals surface area contributed by atoms with E-state index in [1.54, 1.807) is 0 Å². The average Bonchev–Trinajstić information content (AvgIpc) is 2.62. The van der Waals surface area contributed by atoms with Crippen molar-refractivity contribution in [3.8, 4) is 0 Å². The smallest absolute Gasteiger partial charge is 0.185 e. The fourth-order valence-electron chi connectivity index (χ4n) is 1.24. The lowest BCUT2D eigenvalue weighted by molar-refractivity contribution is 0.102. The molecule has 2 nitrogen and oxygen atoms in total. The molecule has 0 aromatic carbocycles. The van der Waals surface area contributed by atoms with Crippen molar-refractivity contribution in [2.75, 3.05) is 11.5 Å². The van der Waals surface area contributed by atoms with Gasteiger partial charge in [0.15, 0.2) is 5.78 Å². The second kappa shape index (κ2) is 6.30. The molecule has 1 aromatic heterocycles. The summed E-state index contributed by atoms with van der Waals surface area (Å²) < 4.78 is 11.6. The molecule has 1 heterocycles. The normalized spacial score (nSPS) is 13.0. The van der Waals surface area contributed by atoms with Gasteiger partial charge in [-0.05, 0) is 31.4 Å². The summed E-state index contributed by atoms with van der Waals surface area (Å²) in [6, 6.07) is 3.75. The number of hydrogen-bond acceptors (Lipinski definition) is 3. The highest BCUT2D eigenvalue weighted by Crippen LogP contribution is 2.16. The van der Waals surface area contributed by atoms with Gasteiger partial charge in [-0.1, -0.05) is 13.8 Å². The van der Waals surface area contributed by atoms with E-state index in [9.17, 15) is 9.00 Å². The number of thiophene rings is 1. The zero-order valence-corrected chi connectivity index (χ0v) is 11.6. The fourth-order valence-corrected chi connectivity index (χ4v) is 3.46. The van der Waals surface area contributed by atoms with Crippen LogP contribution in [0.4, 0.5) is 0 Å². The summed E-state index contributed by atoms with van der Waals surface area (Å²) in [5.74, 6) is 1.36. The number of carbonyl (C=O) groups is 1. The number of ketones is 1. The first kappa shape index (κ1) is 13.6. The topological polar surface area (TPSA) is 34.1 Å². The van der Waals surface area contributed by atoms with Crippen LogP contribution in [-0.4, -0.2) is 21.5 Å². The van der Waals surface area contributed by atoms with E-state index in [-0.39, 0.29) is 11.5 Å². The predicted octanol–water partition coefficient (Wildman–Crippen LogP) is 3.03. The van der Waals surface area contributed by atoms with Gasteiger partial charge in [-0.15, -0.1) is 11.3 Å². The molecule has 90 valence electrons. The SMILES string of the molecule is Cc1ccc(C(=O)CS(=O)CCC(C)C)s1. The van der Waals surface area contributed by atoms with Gasteiger partial charge in [0, 0.05) is 21.4 Å². The van der Waals surface area contributed by atoms with Crippen molar-refractivity contribution >= 4 is 27.9 Å². The number of hydrogen-bond donors (Lipinski definition) is 0. The van der Waals surface area contributed by atoms with Crippen LogP contribution in [0.25, 0.3) is 0 Å². The quantitative estimate of drug-likeness (QED) is 0.735. The Bertz CT molecular complexity index is 380. The summed E-state index contributed by atoms with van der Waals surface area (Å²) in [6.07, 6.45) is 0.920. The first-order chi connectivity index (χ1) is 7.49. The Kier molecular flexibility index (Phi) is 5.35. The molecule has 0 N–H and O–H groups in total. The van der Waals surface area contributed by atoms with Gasteiger partial charge < -0.3 is 0 Å². The lowest BCUT2D eigenvalue weighted by atomic mass is 10.2. The highest BCUT2D eigenvalue weighted by atomic mass is 32.2. The molecule has 0 spiro atoms. The Balaban J connectivity index is 2.43. The fraction of sp³-hybridized carbons (Fsp3) is 0.583. The summed E-state index contributed by atoms with van der Waals surface area (Å²) in [4.78, 5) is 13.6. The first-order valence-corrected chi connectivity index (χ1v) is 7.74. The summed E-state index contributed by atoms with van der Waals surface area (Å²) in [5, 5.41) is 0. The number of aryl methyl sites for hydroxylation is 1. The number of rotatable bonds is 6. The first-order valence-electron chi connectivity index (χ1n) is 5.43. The van der Waals surface area contributed by atoms with Crippen LogP contribution in [0.5, 0.6) is 0 Å². The van der Waals surface area contributed by atoms with Gasteiger partial charge in [-0.25, -0.2) is 0 Å². The van der Waals surface area contributed by atoms with Gasteiger partial charge in [0.05, 0.1) is 10.6 Å². The number of carbonyl (C=O) groups excluding carboxylic acids is 1. The molecule has 0 saturated heterocycles. The van der Waals surface area contributed by atoms with E-state index in [0.717, 1.165) is 16.2 Å². The van der Waals surface area contributed by atoms with Gasteiger partial charge in [0.2, 0.25) is 0 Å². The molecular formula is C12H18O2S2. The lowest BCUT2D eigenvalue weighted by Crippen LogP contribution is -2.13. The van der Waals surface area contributed by atoms with Crippen molar-refractivity contribution in [3.05, 3.63) is 21.9 Å². The largest absolute Gasteiger partial charge is 0.292 e. The molecule has 0 radical (unpaired) electrons. The minimum atomic E-state index is -1.00. The summed E-state index contributed by atoms with van der Waals surface area (Å²) in [5.41, 5.74) is 0. The monoisotopic (exact) mass is 258 g/mol. The van der Waals surface area contributed by atoms with E-state index < -0.39 is 10.8 Å². The highest BCUT2D eigenvalue weighted by Gasteiger charge is 2.12. The third-order valence-corrected chi connectivity index (χ3v) is 4.55. The average molecular weight is 258 g/mol. The van der Waals surface area contributed by atoms with Crippen molar-refractivity contribution in [1.29, 1.82) is 0 Å². The van der Waals surface area contributed by atoms with Gasteiger partial charge in [0.1, 0.15) is 0 Å². The van der Waals surface area contributed by atoms with Crippen LogP contribution < -0.4 is 0 Å². The van der Waals surface area contributed by atoms with Crippen molar-refractivity contribution in [3.63, 3.8) is 0 Å². The standard InChI is InChI=1S/C12H18O2S2/c1-9(2)6-7-16(14)8-11(13)12-5-4-10(3)15-12/h4-5,9H,6-8H2,1-3H3. The van der Waals surface area contributed by atoms with Crippen LogP contribution in [0.2, 0.25) is 0 Å². The Morgan fingerprint density at radius 3 is 2.62 bits per heavy atom. The van der Waals surface area contributed by atoms with Crippen LogP contribution in [-0.2, 0) is 10.8 Å². The Morgan fingerprint density at radius 1 is 1.44 bits per heavy atom. The molecule has 0 aliphatic heterocycles. The van der Waals surface area contributed by atoms with Gasteiger partial charge >= 0.3 is 0 Å². The third-order valence-electron chi connectivity index (χ3n) is 2.23. The third kappa shape index (κ3) is 4.58. The van der Waals surface area contributed by atoms with Crippen LogP contribution >= 0.6 is 11.3 Å². The van der Waals surface area contributed by atoms with E-state index in [4.69, 9.17) is 0 Å². The maximum atomic E-state index is 11.7. The Morgan fingerprint density at radius 2 is 2.12 bits per heavy atom. The molecule has 1 unspecified atom stereocenters. The summed E-state index contributed by atoms with van der Waals surface area (Å²) >= 11 is 1.48. The molecule has 1 rings (SSSR count). The highest BCUT2D eigenvalue weighted by molar-refractivity contribution is 7.85. The van der Waals surface area contributed by atoms with Crippen molar-refractivity contribution in [2.24, 2.45) is 5.92 Å². The minimum absolute atomic E-state index is 0.0141. The predicted molar refractivity (Wildman–Crippen MR) is 70.7 cm³/mol. The van der Waals surface area contributed by atoms with Crippen LogP contribution in [0.1, 0.15) is 34.8 Å². The van der Waals surface area contributed by atoms with E-state index in [1.165, 1.54) is 11.3 Å². The van der Waals surface area contributed by atoms with E-state index in [0.29, 0.717) is 11.7 Å². The van der Waals surface area contributed by atoms with Crippen molar-refractivity contribution in [2.45, 2.75) is 27.2 Å². The molecule has 16 heavy (non-hydrogen) atoms. The maximum absolute atomic E-state index is 11.7. The molecular weight excluding hydrogens is 240 g/mol. The molecule has 0 fully saturated rings. The number of Topliss-reactive ketones (excluding diaryl/α,β-unsaturated/α-hetero) is 1. The minimum Gasteiger partial charge on any atom is -0.292 e. The molecule has 0 amide bonds. The van der Waals surface area contributed by atoms with Crippen LogP contribution in [0.15, 0.2) is 12.1 Å². The molecule has 1 aromatic rings. The Hall–Kier alpha value is -0.480. The second-order valence-corrected chi connectivity index (χ2v) is 7.17. The van der Waals surface area contributed by atoms with Crippen LogP contribution in [0.3, 0.4) is 0 Å². The molecule has 0 aliphatic rings. The zero-order valence-electron chi connectivity index (χ0n) is 9.99. The second-order valence-electron chi connectivity index (χ2n) is 4.30. The Labute approximate surface area is 104 Å². The maximum Gasteiger partial charge on any atom is 0.185 e. The van der Waals surface area contributed by atoms with E-state index in [1.807, 2.05) is 19.1 Å². The van der Waals surface area contributed by atoms with Gasteiger partial charge in [-0.2, -0.15) is 0 Å². The molecule has 0 bridgehead atoms.